The van der Waals surface area contributed by atoms with Gasteiger partial charge < -0.3 is 15.5 Å². The Balaban J connectivity index is 1.62. The zero-order chi connectivity index (χ0) is 17.1. The molecule has 2 N–H and O–H groups in total. The Morgan fingerprint density at radius 1 is 1.33 bits per heavy atom. The number of carbonyl (C=O) groups excluding carboxylic acids is 2. The Labute approximate surface area is 143 Å². The van der Waals surface area contributed by atoms with Crippen LogP contribution >= 0.6 is 0 Å². The van der Waals surface area contributed by atoms with Crippen LogP contribution in [0, 0.1) is 5.92 Å². The second-order valence-electron chi connectivity index (χ2n) is 6.93. The number of aryl methyl sites for hydroxylation is 1. The largest absolute Gasteiger partial charge is 0.352 e. The van der Waals surface area contributed by atoms with E-state index in [1.54, 1.807) is 4.90 Å². The predicted octanol–water partition coefficient (Wildman–Crippen LogP) is 1.86. The molecular formula is C19H27N3O2. The fraction of sp³-hybridized carbons (Fsp3) is 0.579. The first-order valence-corrected chi connectivity index (χ1v) is 9.01. The van der Waals surface area contributed by atoms with E-state index in [-0.39, 0.29) is 29.8 Å². The lowest BCUT2D eigenvalue weighted by molar-refractivity contribution is -0.127. The molecule has 0 aromatic heterocycles. The predicted molar refractivity (Wildman–Crippen MR) is 94.9 cm³/mol. The summed E-state index contributed by atoms with van der Waals surface area (Å²) in [6.07, 6.45) is 3.36. The van der Waals surface area contributed by atoms with Gasteiger partial charge in [0.05, 0.1) is 5.92 Å². The van der Waals surface area contributed by atoms with Crippen LogP contribution in [0.4, 0.5) is 5.69 Å². The van der Waals surface area contributed by atoms with Crippen molar-refractivity contribution in [2.75, 3.05) is 18.0 Å². The minimum absolute atomic E-state index is 0.0107. The topological polar surface area (TPSA) is 61.4 Å². The maximum atomic E-state index is 12.6. The van der Waals surface area contributed by atoms with Gasteiger partial charge in [-0.1, -0.05) is 19.1 Å². The van der Waals surface area contributed by atoms with Crippen LogP contribution in [-0.4, -0.2) is 37.0 Å². The van der Waals surface area contributed by atoms with E-state index >= 15 is 0 Å². The first-order valence-electron chi connectivity index (χ1n) is 9.01. The number of anilines is 1. The molecule has 2 aliphatic heterocycles. The van der Waals surface area contributed by atoms with Crippen molar-refractivity contribution >= 4 is 17.5 Å². The third-order valence-electron chi connectivity index (χ3n) is 5.24. The third-order valence-corrected chi connectivity index (χ3v) is 5.24. The standard InChI is InChI=1S/C19H27N3O2/c1-3-14-6-8-16(9-7-14)22-12-15(11-18(22)23)19(24)21-17-5-4-10-20-13(17)2/h6-9,13,15,17,20H,3-5,10-12H2,1-2H3,(H,21,24). The summed E-state index contributed by atoms with van der Waals surface area (Å²) in [5, 5.41) is 6.53. The average Bonchev–Trinajstić information content (AvgIpc) is 2.99. The summed E-state index contributed by atoms with van der Waals surface area (Å²) in [6.45, 7) is 5.70. The average molecular weight is 329 g/mol. The number of hydrogen-bond donors (Lipinski definition) is 2. The molecule has 2 heterocycles. The van der Waals surface area contributed by atoms with Crippen molar-refractivity contribution in [3.05, 3.63) is 29.8 Å². The van der Waals surface area contributed by atoms with Gasteiger partial charge in [-0.2, -0.15) is 0 Å². The lowest BCUT2D eigenvalue weighted by Crippen LogP contribution is -2.53. The molecule has 3 atom stereocenters. The quantitative estimate of drug-likeness (QED) is 0.886. The van der Waals surface area contributed by atoms with E-state index in [0.29, 0.717) is 13.0 Å². The Kier molecular flexibility index (Phi) is 5.19. The molecule has 2 amide bonds. The fourth-order valence-corrected chi connectivity index (χ4v) is 3.59. The van der Waals surface area contributed by atoms with Crippen LogP contribution in [-0.2, 0) is 16.0 Å². The Morgan fingerprint density at radius 2 is 2.08 bits per heavy atom. The second-order valence-corrected chi connectivity index (χ2v) is 6.93. The number of benzene rings is 1. The Bertz CT molecular complexity index is 599. The van der Waals surface area contributed by atoms with Gasteiger partial charge in [0.15, 0.2) is 0 Å². The molecule has 130 valence electrons. The summed E-state index contributed by atoms with van der Waals surface area (Å²) in [6, 6.07) is 8.50. The van der Waals surface area contributed by atoms with Gasteiger partial charge in [-0.25, -0.2) is 0 Å². The Morgan fingerprint density at radius 3 is 2.75 bits per heavy atom. The minimum atomic E-state index is -0.252. The second kappa shape index (κ2) is 7.34. The summed E-state index contributed by atoms with van der Waals surface area (Å²) < 4.78 is 0. The van der Waals surface area contributed by atoms with E-state index in [9.17, 15) is 9.59 Å². The van der Waals surface area contributed by atoms with E-state index in [1.165, 1.54) is 5.56 Å². The van der Waals surface area contributed by atoms with Crippen LogP contribution in [0.5, 0.6) is 0 Å². The van der Waals surface area contributed by atoms with Crippen molar-refractivity contribution < 1.29 is 9.59 Å². The number of nitrogens with zero attached hydrogens (tertiary/aromatic N) is 1. The molecule has 3 rings (SSSR count). The molecule has 3 unspecified atom stereocenters. The molecule has 2 fully saturated rings. The van der Waals surface area contributed by atoms with Crippen molar-refractivity contribution in [3.8, 4) is 0 Å². The van der Waals surface area contributed by atoms with Gasteiger partial charge in [-0.05, 0) is 50.4 Å². The normalized spacial score (nSPS) is 27.3. The molecule has 5 nitrogen and oxygen atoms in total. The van der Waals surface area contributed by atoms with Gasteiger partial charge in [0.1, 0.15) is 0 Å². The first kappa shape index (κ1) is 17.0. The first-order chi connectivity index (χ1) is 11.6. The van der Waals surface area contributed by atoms with Crippen molar-refractivity contribution in [1.82, 2.24) is 10.6 Å². The molecule has 2 aliphatic rings. The van der Waals surface area contributed by atoms with E-state index in [2.05, 4.69) is 24.5 Å². The van der Waals surface area contributed by atoms with Crippen molar-refractivity contribution in [2.45, 2.75) is 51.6 Å². The van der Waals surface area contributed by atoms with Gasteiger partial charge in [-0.15, -0.1) is 0 Å². The number of nitrogens with one attached hydrogen (secondary N) is 2. The molecular weight excluding hydrogens is 302 g/mol. The van der Waals surface area contributed by atoms with E-state index in [0.717, 1.165) is 31.5 Å². The summed E-state index contributed by atoms with van der Waals surface area (Å²) in [5.74, 6) is -0.205. The van der Waals surface area contributed by atoms with Gasteiger partial charge in [0.25, 0.3) is 0 Å². The van der Waals surface area contributed by atoms with Crippen LogP contribution in [0.2, 0.25) is 0 Å². The SMILES string of the molecule is CCc1ccc(N2CC(C(=O)NC3CCCNC3C)CC2=O)cc1. The van der Waals surface area contributed by atoms with Crippen molar-refractivity contribution in [2.24, 2.45) is 5.92 Å². The van der Waals surface area contributed by atoms with Crippen molar-refractivity contribution in [3.63, 3.8) is 0 Å². The fourth-order valence-electron chi connectivity index (χ4n) is 3.59. The number of carbonyl (C=O) groups is 2. The zero-order valence-electron chi connectivity index (χ0n) is 14.5. The highest BCUT2D eigenvalue weighted by atomic mass is 16.2. The summed E-state index contributed by atoms with van der Waals surface area (Å²) in [5.41, 5.74) is 2.14. The Hall–Kier alpha value is -1.88. The summed E-state index contributed by atoms with van der Waals surface area (Å²) in [4.78, 5) is 26.6. The lowest BCUT2D eigenvalue weighted by Gasteiger charge is -2.31. The molecule has 0 aliphatic carbocycles. The highest BCUT2D eigenvalue weighted by Crippen LogP contribution is 2.26. The summed E-state index contributed by atoms with van der Waals surface area (Å²) in [7, 11) is 0. The van der Waals surface area contributed by atoms with Gasteiger partial charge >= 0.3 is 0 Å². The molecule has 24 heavy (non-hydrogen) atoms. The molecule has 0 bridgehead atoms. The van der Waals surface area contributed by atoms with Crippen LogP contribution in [0.1, 0.15) is 38.7 Å². The monoisotopic (exact) mass is 329 g/mol. The minimum Gasteiger partial charge on any atom is -0.352 e. The molecule has 5 heteroatoms. The lowest BCUT2D eigenvalue weighted by atomic mass is 9.98. The van der Waals surface area contributed by atoms with E-state index in [4.69, 9.17) is 0 Å². The van der Waals surface area contributed by atoms with Crippen LogP contribution in [0.3, 0.4) is 0 Å². The van der Waals surface area contributed by atoms with Crippen LogP contribution in [0.15, 0.2) is 24.3 Å². The molecule has 1 aromatic rings. The summed E-state index contributed by atoms with van der Waals surface area (Å²) >= 11 is 0. The maximum Gasteiger partial charge on any atom is 0.227 e. The number of amides is 2. The van der Waals surface area contributed by atoms with Crippen LogP contribution < -0.4 is 15.5 Å². The highest BCUT2D eigenvalue weighted by Gasteiger charge is 2.36. The molecule has 1 aromatic carbocycles. The molecule has 0 radical (unpaired) electrons. The highest BCUT2D eigenvalue weighted by molar-refractivity contribution is 6.00. The molecule has 0 spiro atoms. The smallest absolute Gasteiger partial charge is 0.227 e. The van der Waals surface area contributed by atoms with E-state index < -0.39 is 0 Å². The zero-order valence-corrected chi connectivity index (χ0v) is 14.5. The molecule has 2 saturated heterocycles. The number of piperidine rings is 1. The van der Waals surface area contributed by atoms with Crippen molar-refractivity contribution in [1.29, 1.82) is 0 Å². The number of rotatable bonds is 4. The van der Waals surface area contributed by atoms with E-state index in [1.807, 2.05) is 24.3 Å². The maximum absolute atomic E-state index is 12.6. The third kappa shape index (κ3) is 3.61. The van der Waals surface area contributed by atoms with Gasteiger partial charge in [-0.3, -0.25) is 9.59 Å². The molecule has 0 saturated carbocycles. The van der Waals surface area contributed by atoms with Gasteiger partial charge in [0.2, 0.25) is 11.8 Å². The number of hydrogen-bond acceptors (Lipinski definition) is 3. The van der Waals surface area contributed by atoms with Gasteiger partial charge in [0, 0.05) is 30.7 Å². The van der Waals surface area contributed by atoms with Crippen LogP contribution in [0.25, 0.3) is 0 Å².